The van der Waals surface area contributed by atoms with E-state index in [9.17, 15) is 9.59 Å². The number of fused-ring (bicyclic) bond motifs is 1. The van der Waals surface area contributed by atoms with E-state index in [4.69, 9.17) is 21.1 Å². The van der Waals surface area contributed by atoms with Crippen LogP contribution in [0.25, 0.3) is 0 Å². The summed E-state index contributed by atoms with van der Waals surface area (Å²) in [7, 11) is 0. The maximum absolute atomic E-state index is 12.4. The smallest absolute Gasteiger partial charge is 0.409 e. The zero-order chi connectivity index (χ0) is 20.8. The minimum atomic E-state index is -0.268. The van der Waals surface area contributed by atoms with Crippen LogP contribution in [0.1, 0.15) is 38.7 Å². The molecule has 8 heteroatoms. The second-order valence-corrected chi connectivity index (χ2v) is 8.13. The fourth-order valence-electron chi connectivity index (χ4n) is 3.86. The third-order valence-electron chi connectivity index (χ3n) is 5.30. The fraction of sp³-hybridized carbons (Fsp3) is 0.619. The van der Waals surface area contributed by atoms with Crippen molar-refractivity contribution in [3.05, 3.63) is 28.8 Å². The number of carbonyl (C=O) groups excluding carboxylic acids is 2. The SMILES string of the molecule is CCOC(=O)N1CCC(NC(=O)CCN2Cc3cc(Cl)ccc3OC(C)C2)CC1. The molecule has 160 valence electrons. The molecule has 2 heterocycles. The molecule has 1 unspecified atom stereocenters. The van der Waals surface area contributed by atoms with Gasteiger partial charge in [0.25, 0.3) is 0 Å². The largest absolute Gasteiger partial charge is 0.489 e. The van der Waals surface area contributed by atoms with Crippen molar-refractivity contribution >= 4 is 23.6 Å². The Labute approximate surface area is 177 Å². The second-order valence-electron chi connectivity index (χ2n) is 7.69. The van der Waals surface area contributed by atoms with Crippen LogP contribution in [0.15, 0.2) is 18.2 Å². The zero-order valence-electron chi connectivity index (χ0n) is 17.2. The Kier molecular flexibility index (Phi) is 7.61. The van der Waals surface area contributed by atoms with Gasteiger partial charge in [-0.2, -0.15) is 0 Å². The van der Waals surface area contributed by atoms with Crippen molar-refractivity contribution in [2.24, 2.45) is 0 Å². The summed E-state index contributed by atoms with van der Waals surface area (Å²) in [5.74, 6) is 0.908. The molecule has 1 atom stereocenters. The Morgan fingerprint density at radius 2 is 2.07 bits per heavy atom. The number of benzene rings is 1. The summed E-state index contributed by atoms with van der Waals surface area (Å²) in [5, 5.41) is 3.80. The highest BCUT2D eigenvalue weighted by molar-refractivity contribution is 6.30. The van der Waals surface area contributed by atoms with Gasteiger partial charge >= 0.3 is 6.09 Å². The summed E-state index contributed by atoms with van der Waals surface area (Å²) in [5.41, 5.74) is 1.05. The highest BCUT2D eigenvalue weighted by Gasteiger charge is 2.25. The minimum Gasteiger partial charge on any atom is -0.489 e. The van der Waals surface area contributed by atoms with Crippen molar-refractivity contribution in [1.29, 1.82) is 0 Å². The van der Waals surface area contributed by atoms with Gasteiger partial charge in [0.1, 0.15) is 11.9 Å². The van der Waals surface area contributed by atoms with Gasteiger partial charge < -0.3 is 19.7 Å². The molecule has 1 N–H and O–H groups in total. The van der Waals surface area contributed by atoms with Crippen LogP contribution in [0.4, 0.5) is 4.79 Å². The number of nitrogens with one attached hydrogen (secondary N) is 1. The predicted molar refractivity (Wildman–Crippen MR) is 111 cm³/mol. The first-order valence-electron chi connectivity index (χ1n) is 10.3. The standard InChI is InChI=1S/C21H30ClN3O4/c1-3-28-21(27)25-10-6-18(7-11-25)23-20(26)8-9-24-13-15(2)29-19-5-4-17(22)12-16(19)14-24/h4-5,12,15,18H,3,6-11,13-14H2,1-2H3,(H,23,26). The van der Waals surface area contributed by atoms with Gasteiger partial charge in [-0.15, -0.1) is 0 Å². The number of nitrogens with zero attached hydrogens (tertiary/aromatic N) is 2. The van der Waals surface area contributed by atoms with E-state index in [-0.39, 0.29) is 24.1 Å². The number of likely N-dealkylation sites (tertiary alicyclic amines) is 1. The summed E-state index contributed by atoms with van der Waals surface area (Å²) >= 11 is 6.13. The van der Waals surface area contributed by atoms with Gasteiger partial charge in [-0.25, -0.2) is 4.79 Å². The minimum absolute atomic E-state index is 0.0451. The molecule has 0 radical (unpaired) electrons. The number of hydrogen-bond donors (Lipinski definition) is 1. The van der Waals surface area contributed by atoms with Crippen molar-refractivity contribution < 1.29 is 19.1 Å². The molecule has 0 bridgehead atoms. The van der Waals surface area contributed by atoms with Gasteiger partial charge in [0.2, 0.25) is 5.91 Å². The summed E-state index contributed by atoms with van der Waals surface area (Å²) in [6.45, 7) is 7.58. The van der Waals surface area contributed by atoms with Gasteiger partial charge in [0.15, 0.2) is 0 Å². The maximum atomic E-state index is 12.4. The molecule has 1 aromatic carbocycles. The Hall–Kier alpha value is -1.99. The van der Waals surface area contributed by atoms with E-state index in [1.165, 1.54) is 0 Å². The van der Waals surface area contributed by atoms with E-state index in [0.29, 0.717) is 44.2 Å². The molecule has 0 saturated carbocycles. The van der Waals surface area contributed by atoms with Gasteiger partial charge in [-0.05, 0) is 44.9 Å². The molecule has 7 nitrogen and oxygen atoms in total. The van der Waals surface area contributed by atoms with Crippen LogP contribution in [0, 0.1) is 0 Å². The monoisotopic (exact) mass is 423 g/mol. The fourth-order valence-corrected chi connectivity index (χ4v) is 4.06. The van der Waals surface area contributed by atoms with Gasteiger partial charge in [-0.3, -0.25) is 9.69 Å². The van der Waals surface area contributed by atoms with Crippen LogP contribution >= 0.6 is 11.6 Å². The van der Waals surface area contributed by atoms with Crippen LogP contribution in [-0.4, -0.2) is 66.7 Å². The lowest BCUT2D eigenvalue weighted by atomic mass is 10.1. The average molecular weight is 424 g/mol. The number of rotatable bonds is 5. The first-order chi connectivity index (χ1) is 13.9. The van der Waals surface area contributed by atoms with Crippen LogP contribution in [0.5, 0.6) is 5.75 Å². The molecule has 1 saturated heterocycles. The molecule has 2 aliphatic rings. The predicted octanol–water partition coefficient (Wildman–Crippen LogP) is 3.05. The number of amides is 2. The van der Waals surface area contributed by atoms with Crippen molar-refractivity contribution in [3.8, 4) is 5.75 Å². The van der Waals surface area contributed by atoms with Gasteiger partial charge in [0.05, 0.1) is 6.61 Å². The molecule has 3 rings (SSSR count). The summed E-state index contributed by atoms with van der Waals surface area (Å²) in [6, 6.07) is 5.79. The van der Waals surface area contributed by atoms with Crippen molar-refractivity contribution in [3.63, 3.8) is 0 Å². The van der Waals surface area contributed by atoms with Gasteiger partial charge in [-0.1, -0.05) is 11.6 Å². The first-order valence-corrected chi connectivity index (χ1v) is 10.7. The molecule has 0 aliphatic carbocycles. The Bertz CT molecular complexity index is 722. The highest BCUT2D eigenvalue weighted by atomic mass is 35.5. The second kappa shape index (κ2) is 10.2. The molecule has 2 aliphatic heterocycles. The highest BCUT2D eigenvalue weighted by Crippen LogP contribution is 2.28. The van der Waals surface area contributed by atoms with Crippen LogP contribution < -0.4 is 10.1 Å². The van der Waals surface area contributed by atoms with E-state index in [1.54, 1.807) is 11.8 Å². The molecule has 0 spiro atoms. The van der Waals surface area contributed by atoms with Crippen molar-refractivity contribution in [2.75, 3.05) is 32.8 Å². The number of hydrogen-bond acceptors (Lipinski definition) is 5. The number of ether oxygens (including phenoxy) is 2. The Balaban J connectivity index is 1.44. The third-order valence-corrected chi connectivity index (χ3v) is 5.54. The van der Waals surface area contributed by atoms with Gasteiger partial charge in [0, 0.05) is 55.8 Å². The normalized spacial score (nSPS) is 20.4. The maximum Gasteiger partial charge on any atom is 0.409 e. The molecule has 2 amide bonds. The first kappa shape index (κ1) is 21.7. The number of carbonyl (C=O) groups is 2. The summed E-state index contributed by atoms with van der Waals surface area (Å²) in [6.07, 6.45) is 1.72. The van der Waals surface area contributed by atoms with E-state index < -0.39 is 0 Å². The quantitative estimate of drug-likeness (QED) is 0.788. The molecule has 0 aromatic heterocycles. The van der Waals surface area contributed by atoms with E-state index in [1.807, 2.05) is 25.1 Å². The van der Waals surface area contributed by atoms with E-state index in [0.717, 1.165) is 30.7 Å². The van der Waals surface area contributed by atoms with Crippen molar-refractivity contribution in [1.82, 2.24) is 15.1 Å². The molecular formula is C21H30ClN3O4. The summed E-state index contributed by atoms with van der Waals surface area (Å²) in [4.78, 5) is 28.1. The average Bonchev–Trinajstić information content (AvgIpc) is 2.84. The van der Waals surface area contributed by atoms with Crippen LogP contribution in [0.2, 0.25) is 5.02 Å². The molecule has 29 heavy (non-hydrogen) atoms. The number of piperidine rings is 1. The molecular weight excluding hydrogens is 394 g/mol. The lowest BCUT2D eigenvalue weighted by Crippen LogP contribution is -2.47. The van der Waals surface area contributed by atoms with Crippen molar-refractivity contribution in [2.45, 2.75) is 51.8 Å². The number of halogens is 1. The van der Waals surface area contributed by atoms with Crippen LogP contribution in [0.3, 0.4) is 0 Å². The lowest BCUT2D eigenvalue weighted by molar-refractivity contribution is -0.122. The van der Waals surface area contributed by atoms with E-state index in [2.05, 4.69) is 10.2 Å². The summed E-state index contributed by atoms with van der Waals surface area (Å²) < 4.78 is 11.0. The Morgan fingerprint density at radius 3 is 2.79 bits per heavy atom. The van der Waals surface area contributed by atoms with E-state index >= 15 is 0 Å². The molecule has 1 fully saturated rings. The third kappa shape index (κ3) is 6.24. The Morgan fingerprint density at radius 1 is 1.31 bits per heavy atom. The van der Waals surface area contributed by atoms with Crippen LogP contribution in [-0.2, 0) is 16.1 Å². The zero-order valence-corrected chi connectivity index (χ0v) is 17.9. The lowest BCUT2D eigenvalue weighted by Gasteiger charge is -2.31. The topological polar surface area (TPSA) is 71.1 Å². The molecule has 1 aromatic rings.